The predicted molar refractivity (Wildman–Crippen MR) is 49.4 cm³/mol. The molecule has 1 saturated carbocycles. The largest absolute Gasteiger partial charge is 0.468 e. The summed E-state index contributed by atoms with van der Waals surface area (Å²) in [6.07, 6.45) is 6.57. The van der Waals surface area contributed by atoms with E-state index >= 15 is 0 Å². The fraction of sp³-hybridized carbons (Fsp3) is 0.900. The first kappa shape index (κ1) is 9.00. The summed E-state index contributed by atoms with van der Waals surface area (Å²) < 4.78 is 4.71. The van der Waals surface area contributed by atoms with Gasteiger partial charge < -0.3 is 4.74 Å². The van der Waals surface area contributed by atoms with E-state index in [2.05, 4.69) is 4.90 Å². The summed E-state index contributed by atoms with van der Waals surface area (Å²) in [5, 5.41) is 0. The molecule has 0 aromatic carbocycles. The number of hydrogen-bond donors (Lipinski definition) is 0. The van der Waals surface area contributed by atoms with Crippen LogP contribution in [0.25, 0.3) is 0 Å². The van der Waals surface area contributed by atoms with Crippen LogP contribution in [0.4, 0.5) is 0 Å². The van der Waals surface area contributed by atoms with Gasteiger partial charge in [0, 0.05) is 12.6 Å². The second kappa shape index (κ2) is 3.66. The maximum atomic E-state index is 11.2. The van der Waals surface area contributed by atoms with Gasteiger partial charge in [-0.15, -0.1) is 0 Å². The summed E-state index contributed by atoms with van der Waals surface area (Å²) in [4.78, 5) is 13.4. The minimum Gasteiger partial charge on any atom is -0.468 e. The summed E-state index contributed by atoms with van der Waals surface area (Å²) >= 11 is 0. The van der Waals surface area contributed by atoms with Gasteiger partial charge in [0.15, 0.2) is 0 Å². The van der Waals surface area contributed by atoms with Crippen LogP contribution in [0.15, 0.2) is 0 Å². The van der Waals surface area contributed by atoms with Crippen molar-refractivity contribution in [1.29, 1.82) is 0 Å². The zero-order valence-corrected chi connectivity index (χ0v) is 8.16. The van der Waals surface area contributed by atoms with E-state index < -0.39 is 0 Å². The normalized spacial score (nSPS) is 34.2. The van der Waals surface area contributed by atoms with Crippen molar-refractivity contribution in [3.63, 3.8) is 0 Å². The van der Waals surface area contributed by atoms with E-state index in [1.165, 1.54) is 39.2 Å². The van der Waals surface area contributed by atoms with Crippen molar-refractivity contribution in [2.75, 3.05) is 13.7 Å². The third kappa shape index (κ3) is 1.85. The smallest absolute Gasteiger partial charge is 0.324 e. The zero-order chi connectivity index (χ0) is 9.26. The molecular formula is C10H17NO2. The summed E-state index contributed by atoms with van der Waals surface area (Å²) in [5.74, 6) is -0.0504. The maximum absolute atomic E-state index is 11.2. The Morgan fingerprint density at radius 1 is 1.31 bits per heavy atom. The highest BCUT2D eigenvalue weighted by Crippen LogP contribution is 2.31. The minimum atomic E-state index is -0.0504. The van der Waals surface area contributed by atoms with E-state index in [9.17, 15) is 4.79 Å². The lowest BCUT2D eigenvalue weighted by atomic mass is 9.95. The monoisotopic (exact) mass is 183 g/mol. The number of methoxy groups -OCH3 is 1. The average molecular weight is 183 g/mol. The van der Waals surface area contributed by atoms with E-state index in [1.54, 1.807) is 0 Å². The van der Waals surface area contributed by atoms with Gasteiger partial charge in [-0.05, 0) is 12.8 Å². The van der Waals surface area contributed by atoms with Crippen LogP contribution in [0.3, 0.4) is 0 Å². The van der Waals surface area contributed by atoms with Crippen LogP contribution in [-0.2, 0) is 9.53 Å². The number of carbonyl (C=O) groups excluding carboxylic acids is 1. The highest BCUT2D eigenvalue weighted by Gasteiger charge is 2.45. The van der Waals surface area contributed by atoms with Gasteiger partial charge in [-0.2, -0.15) is 0 Å². The molecule has 3 nitrogen and oxygen atoms in total. The molecule has 0 N–H and O–H groups in total. The predicted octanol–water partition coefficient (Wildman–Crippen LogP) is 1.18. The molecule has 1 unspecified atom stereocenters. The van der Waals surface area contributed by atoms with Crippen LogP contribution in [0.1, 0.15) is 32.1 Å². The van der Waals surface area contributed by atoms with Gasteiger partial charge >= 0.3 is 5.97 Å². The second-order valence-electron chi connectivity index (χ2n) is 4.03. The lowest BCUT2D eigenvalue weighted by Crippen LogP contribution is -2.26. The molecule has 0 radical (unpaired) electrons. The Balaban J connectivity index is 1.81. The van der Waals surface area contributed by atoms with Crippen molar-refractivity contribution < 1.29 is 9.53 Å². The molecule has 0 amide bonds. The van der Waals surface area contributed by atoms with Crippen LogP contribution in [-0.4, -0.2) is 36.6 Å². The molecule has 3 heteroatoms. The maximum Gasteiger partial charge on any atom is 0.324 e. The molecule has 2 fully saturated rings. The standard InChI is InChI=1S/C10H17NO2/c1-13-10(12)9-7-11(9)8-5-3-2-4-6-8/h8-9H,2-7H2,1H3/t9-,11?/m0/s1. The summed E-state index contributed by atoms with van der Waals surface area (Å²) in [5.41, 5.74) is 0. The van der Waals surface area contributed by atoms with E-state index in [1.807, 2.05) is 0 Å². The Morgan fingerprint density at radius 2 is 2.00 bits per heavy atom. The van der Waals surface area contributed by atoms with E-state index in [-0.39, 0.29) is 12.0 Å². The lowest BCUT2D eigenvalue weighted by Gasteiger charge is -2.22. The second-order valence-corrected chi connectivity index (χ2v) is 4.03. The summed E-state index contributed by atoms with van der Waals surface area (Å²) in [7, 11) is 1.47. The van der Waals surface area contributed by atoms with Crippen molar-refractivity contribution in [1.82, 2.24) is 4.90 Å². The molecule has 1 saturated heterocycles. The van der Waals surface area contributed by atoms with Gasteiger partial charge in [0.05, 0.1) is 7.11 Å². The van der Waals surface area contributed by atoms with Gasteiger partial charge in [0.2, 0.25) is 0 Å². The topological polar surface area (TPSA) is 29.3 Å². The van der Waals surface area contributed by atoms with Crippen LogP contribution in [0, 0.1) is 0 Å². The molecule has 1 aliphatic heterocycles. The Hall–Kier alpha value is -0.570. The third-order valence-electron chi connectivity index (χ3n) is 3.17. The van der Waals surface area contributed by atoms with Crippen molar-refractivity contribution in [3.8, 4) is 0 Å². The van der Waals surface area contributed by atoms with E-state index in [4.69, 9.17) is 4.74 Å². The third-order valence-corrected chi connectivity index (χ3v) is 3.17. The molecule has 1 aliphatic carbocycles. The van der Waals surface area contributed by atoms with E-state index in [0.29, 0.717) is 6.04 Å². The fourth-order valence-corrected chi connectivity index (χ4v) is 2.31. The number of hydrogen-bond acceptors (Lipinski definition) is 3. The first-order valence-electron chi connectivity index (χ1n) is 5.16. The SMILES string of the molecule is COC(=O)[C@@H]1CN1C1CCCCC1. The lowest BCUT2D eigenvalue weighted by molar-refractivity contribution is -0.141. The summed E-state index contributed by atoms with van der Waals surface area (Å²) in [6.45, 7) is 0.928. The molecule has 1 heterocycles. The molecule has 2 rings (SSSR count). The number of nitrogens with zero attached hydrogens (tertiary/aromatic N) is 1. The Morgan fingerprint density at radius 3 is 2.62 bits per heavy atom. The zero-order valence-electron chi connectivity index (χ0n) is 8.16. The van der Waals surface area contributed by atoms with Crippen LogP contribution < -0.4 is 0 Å². The van der Waals surface area contributed by atoms with Crippen LogP contribution in [0.5, 0.6) is 0 Å². The first-order valence-corrected chi connectivity index (χ1v) is 5.16. The highest BCUT2D eigenvalue weighted by molar-refractivity contribution is 5.79. The van der Waals surface area contributed by atoms with Gasteiger partial charge in [-0.1, -0.05) is 19.3 Å². The van der Waals surface area contributed by atoms with Gasteiger partial charge in [0.25, 0.3) is 0 Å². The van der Waals surface area contributed by atoms with Crippen molar-refractivity contribution in [2.45, 2.75) is 44.2 Å². The van der Waals surface area contributed by atoms with Gasteiger partial charge in [-0.25, -0.2) is 0 Å². The Labute approximate surface area is 79.0 Å². The molecule has 0 bridgehead atoms. The molecule has 13 heavy (non-hydrogen) atoms. The molecule has 2 aliphatic rings. The van der Waals surface area contributed by atoms with Crippen LogP contribution in [0.2, 0.25) is 0 Å². The molecule has 0 spiro atoms. The van der Waals surface area contributed by atoms with Gasteiger partial charge in [0.1, 0.15) is 6.04 Å². The van der Waals surface area contributed by atoms with E-state index in [0.717, 1.165) is 6.54 Å². The number of ether oxygens (including phenoxy) is 1. The molecule has 74 valence electrons. The molecule has 0 aromatic heterocycles. The number of esters is 1. The van der Waals surface area contributed by atoms with Crippen molar-refractivity contribution in [3.05, 3.63) is 0 Å². The molecule has 0 aromatic rings. The molecular weight excluding hydrogens is 166 g/mol. The minimum absolute atomic E-state index is 0.0504. The van der Waals surface area contributed by atoms with Crippen molar-refractivity contribution >= 4 is 5.97 Å². The number of carbonyl (C=O) groups is 1. The van der Waals surface area contributed by atoms with Crippen molar-refractivity contribution in [2.24, 2.45) is 0 Å². The quantitative estimate of drug-likeness (QED) is 0.475. The Kier molecular flexibility index (Phi) is 2.54. The highest BCUT2D eigenvalue weighted by atomic mass is 16.5. The Bertz CT molecular complexity index is 199. The number of rotatable bonds is 2. The van der Waals surface area contributed by atoms with Gasteiger partial charge in [-0.3, -0.25) is 9.69 Å². The van der Waals surface area contributed by atoms with Crippen LogP contribution >= 0.6 is 0 Å². The molecule has 2 atom stereocenters. The first-order chi connectivity index (χ1) is 6.33. The summed E-state index contributed by atoms with van der Waals surface area (Å²) in [6, 6.07) is 0.756. The fourth-order valence-electron chi connectivity index (χ4n) is 2.31. The average Bonchev–Trinajstić information content (AvgIpc) is 2.98.